The summed E-state index contributed by atoms with van der Waals surface area (Å²) in [5, 5.41) is 17.4. The Kier molecular flexibility index (Phi) is 5.44. The molecule has 0 aliphatic heterocycles. The van der Waals surface area contributed by atoms with Gasteiger partial charge >= 0.3 is 0 Å². The van der Waals surface area contributed by atoms with E-state index in [0.29, 0.717) is 5.75 Å². The van der Waals surface area contributed by atoms with Gasteiger partial charge in [0.15, 0.2) is 0 Å². The topological polar surface area (TPSA) is 107 Å². The Balaban J connectivity index is 1.37. The van der Waals surface area contributed by atoms with Gasteiger partial charge in [-0.2, -0.15) is 0 Å². The van der Waals surface area contributed by atoms with Crippen molar-refractivity contribution in [1.82, 2.24) is 29.6 Å². The van der Waals surface area contributed by atoms with Gasteiger partial charge in [-0.05, 0) is 29.8 Å². The molecule has 0 radical (unpaired) electrons. The molecule has 1 amide bonds. The van der Waals surface area contributed by atoms with E-state index in [2.05, 4.69) is 20.4 Å². The number of ether oxygens (including phenoxy) is 1. The number of methoxy groups -OCH3 is 1. The van der Waals surface area contributed by atoms with Crippen LogP contribution >= 0.6 is 0 Å². The lowest BCUT2D eigenvalue weighted by molar-refractivity contribution is 0.0937. The summed E-state index contributed by atoms with van der Waals surface area (Å²) in [6, 6.07) is 14.9. The number of fused-ring (bicyclic) bond motifs is 1. The van der Waals surface area contributed by atoms with Gasteiger partial charge in [0.1, 0.15) is 17.9 Å². The van der Waals surface area contributed by atoms with Gasteiger partial charge < -0.3 is 19.7 Å². The Labute approximate surface area is 173 Å². The van der Waals surface area contributed by atoms with Crippen molar-refractivity contribution in [3.63, 3.8) is 0 Å². The van der Waals surface area contributed by atoms with Crippen LogP contribution in [0.4, 0.5) is 0 Å². The molecule has 0 bridgehead atoms. The van der Waals surface area contributed by atoms with Crippen LogP contribution in [-0.2, 0) is 20.1 Å². The lowest BCUT2D eigenvalue weighted by Gasteiger charge is -2.11. The third-order valence-electron chi connectivity index (χ3n) is 4.89. The zero-order chi connectivity index (χ0) is 21.1. The summed E-state index contributed by atoms with van der Waals surface area (Å²) < 4.78 is 8.50. The summed E-state index contributed by atoms with van der Waals surface area (Å²) in [4.78, 5) is 21.0. The fraction of sp³-hybridized carbons (Fsp3) is 0.238. The molecule has 1 atom stereocenters. The van der Waals surface area contributed by atoms with Gasteiger partial charge in [0, 0.05) is 7.05 Å². The van der Waals surface area contributed by atoms with E-state index >= 15 is 0 Å². The number of rotatable bonds is 7. The molecule has 154 valence electrons. The summed E-state index contributed by atoms with van der Waals surface area (Å²) in [7, 11) is 3.49. The molecule has 0 spiro atoms. The van der Waals surface area contributed by atoms with Gasteiger partial charge in [-0.3, -0.25) is 4.79 Å². The number of carbonyl (C=O) groups is 1. The molecule has 2 aromatic heterocycles. The predicted molar refractivity (Wildman–Crippen MR) is 110 cm³/mol. The lowest BCUT2D eigenvalue weighted by atomic mass is 10.1. The number of para-hydroxylation sites is 2. The molecule has 4 aromatic rings. The molecule has 0 saturated heterocycles. The number of imidazole rings is 1. The van der Waals surface area contributed by atoms with Crippen molar-refractivity contribution in [2.75, 3.05) is 7.11 Å². The zero-order valence-electron chi connectivity index (χ0n) is 16.7. The van der Waals surface area contributed by atoms with E-state index in [4.69, 9.17) is 4.74 Å². The maximum atomic E-state index is 12.4. The highest BCUT2D eigenvalue weighted by atomic mass is 16.5. The van der Waals surface area contributed by atoms with Crippen LogP contribution in [0.1, 0.15) is 28.1 Å². The minimum Gasteiger partial charge on any atom is -0.497 e. The van der Waals surface area contributed by atoms with Gasteiger partial charge in [-0.1, -0.05) is 24.3 Å². The van der Waals surface area contributed by atoms with Crippen molar-refractivity contribution < 1.29 is 14.6 Å². The second-order valence-corrected chi connectivity index (χ2v) is 6.84. The van der Waals surface area contributed by atoms with Crippen LogP contribution in [0.15, 0.2) is 54.9 Å². The molecule has 4 rings (SSSR count). The molecular formula is C21H22N6O3. The molecule has 0 unspecified atom stereocenters. The number of carbonyl (C=O) groups excluding carboxylic acids is 1. The minimum absolute atomic E-state index is 0.0377. The molecule has 2 aromatic carbocycles. The Hall–Kier alpha value is -3.72. The molecule has 2 N–H and O–H groups in total. The number of aryl methyl sites for hydroxylation is 1. The first-order chi connectivity index (χ1) is 14.5. The van der Waals surface area contributed by atoms with Gasteiger partial charge in [-0.25, -0.2) is 14.6 Å². The van der Waals surface area contributed by atoms with E-state index in [1.165, 1.54) is 11.0 Å². The first-order valence-electron chi connectivity index (χ1n) is 9.45. The number of amides is 1. The molecule has 9 heteroatoms. The van der Waals surface area contributed by atoms with Crippen LogP contribution in [0.3, 0.4) is 0 Å². The van der Waals surface area contributed by atoms with Crippen LogP contribution in [-0.4, -0.2) is 42.4 Å². The maximum absolute atomic E-state index is 12.4. The first kappa shape index (κ1) is 19.6. The second kappa shape index (κ2) is 8.34. The van der Waals surface area contributed by atoms with Crippen LogP contribution in [0.25, 0.3) is 11.0 Å². The Morgan fingerprint density at radius 2 is 1.97 bits per heavy atom. The van der Waals surface area contributed by atoms with Crippen LogP contribution < -0.4 is 10.1 Å². The van der Waals surface area contributed by atoms with Crippen molar-refractivity contribution in [1.29, 1.82) is 0 Å². The smallest absolute Gasteiger partial charge is 0.291 e. The number of aliphatic hydroxyl groups is 1. The number of benzene rings is 2. The molecule has 2 heterocycles. The predicted octanol–water partition coefficient (Wildman–Crippen LogP) is 1.84. The lowest BCUT2D eigenvalue weighted by Crippen LogP contribution is -2.25. The number of aliphatic hydroxyl groups excluding tert-OH is 1. The van der Waals surface area contributed by atoms with Crippen molar-refractivity contribution in [2.24, 2.45) is 7.05 Å². The monoisotopic (exact) mass is 406 g/mol. The highest BCUT2D eigenvalue weighted by molar-refractivity contribution is 5.90. The Bertz CT molecular complexity index is 1170. The number of hydrogen-bond donors (Lipinski definition) is 2. The van der Waals surface area contributed by atoms with Crippen LogP contribution in [0.5, 0.6) is 5.75 Å². The fourth-order valence-electron chi connectivity index (χ4n) is 3.19. The maximum Gasteiger partial charge on any atom is 0.291 e. The van der Waals surface area contributed by atoms with E-state index in [-0.39, 0.29) is 18.9 Å². The van der Waals surface area contributed by atoms with Gasteiger partial charge in [0.25, 0.3) is 5.91 Å². The molecular weight excluding hydrogens is 384 g/mol. The van der Waals surface area contributed by atoms with Crippen molar-refractivity contribution in [3.8, 4) is 5.75 Å². The van der Waals surface area contributed by atoms with E-state index in [0.717, 1.165) is 22.4 Å². The van der Waals surface area contributed by atoms with E-state index in [9.17, 15) is 9.90 Å². The third-order valence-corrected chi connectivity index (χ3v) is 4.89. The zero-order valence-corrected chi connectivity index (χ0v) is 16.7. The quantitative estimate of drug-likeness (QED) is 0.485. The molecule has 9 nitrogen and oxygen atoms in total. The standard InChI is InChI=1S/C21H22N6O3/c1-26-17-6-4-3-5-16(17)24-19(26)11-22-21(29)20-23-13-27(25-20)12-18(28)14-7-9-15(30-2)10-8-14/h3-10,13,18,28H,11-12H2,1-2H3,(H,22,29)/t18-/m0/s1. The third kappa shape index (κ3) is 4.01. The summed E-state index contributed by atoms with van der Waals surface area (Å²) in [6.07, 6.45) is 0.644. The molecule has 0 aliphatic rings. The number of hydrogen-bond acceptors (Lipinski definition) is 6. The highest BCUT2D eigenvalue weighted by Gasteiger charge is 2.15. The van der Waals surface area contributed by atoms with Gasteiger partial charge in [0.2, 0.25) is 5.82 Å². The summed E-state index contributed by atoms with van der Waals surface area (Å²) in [5.74, 6) is 1.08. The summed E-state index contributed by atoms with van der Waals surface area (Å²) in [6.45, 7) is 0.435. The summed E-state index contributed by atoms with van der Waals surface area (Å²) >= 11 is 0. The molecule has 0 fully saturated rings. The van der Waals surface area contributed by atoms with E-state index < -0.39 is 12.0 Å². The average Bonchev–Trinajstić information content (AvgIpc) is 3.37. The van der Waals surface area contributed by atoms with Crippen molar-refractivity contribution in [3.05, 3.63) is 72.1 Å². The normalized spacial score (nSPS) is 12.1. The largest absolute Gasteiger partial charge is 0.497 e. The van der Waals surface area contributed by atoms with Gasteiger partial charge in [-0.15, -0.1) is 5.10 Å². The number of nitrogens with zero attached hydrogens (tertiary/aromatic N) is 5. The molecule has 0 saturated carbocycles. The summed E-state index contributed by atoms with van der Waals surface area (Å²) in [5.41, 5.74) is 2.59. The number of nitrogens with one attached hydrogen (secondary N) is 1. The molecule has 30 heavy (non-hydrogen) atoms. The van der Waals surface area contributed by atoms with E-state index in [1.807, 2.05) is 35.9 Å². The number of aromatic nitrogens is 5. The van der Waals surface area contributed by atoms with Crippen LogP contribution in [0, 0.1) is 0 Å². The average molecular weight is 406 g/mol. The van der Waals surface area contributed by atoms with Crippen molar-refractivity contribution in [2.45, 2.75) is 19.2 Å². The van der Waals surface area contributed by atoms with Crippen molar-refractivity contribution >= 4 is 16.9 Å². The Morgan fingerprint density at radius 1 is 1.20 bits per heavy atom. The van der Waals surface area contributed by atoms with E-state index in [1.54, 1.807) is 31.4 Å². The first-order valence-corrected chi connectivity index (χ1v) is 9.45. The van der Waals surface area contributed by atoms with Crippen LogP contribution in [0.2, 0.25) is 0 Å². The molecule has 0 aliphatic carbocycles. The SMILES string of the molecule is COc1ccc([C@@H](O)Cn2cnc(C(=O)NCc3nc4ccccc4n3C)n2)cc1. The minimum atomic E-state index is -0.784. The Morgan fingerprint density at radius 3 is 2.70 bits per heavy atom. The fourth-order valence-corrected chi connectivity index (χ4v) is 3.19. The van der Waals surface area contributed by atoms with Gasteiger partial charge in [0.05, 0.1) is 37.3 Å². The second-order valence-electron chi connectivity index (χ2n) is 6.84. The highest BCUT2D eigenvalue weighted by Crippen LogP contribution is 2.19.